The Labute approximate surface area is 113 Å². The average Bonchev–Trinajstić information content (AvgIpc) is 2.90. The highest BCUT2D eigenvalue weighted by atomic mass is 35.5. The fourth-order valence-electron chi connectivity index (χ4n) is 1.81. The highest BCUT2D eigenvalue weighted by molar-refractivity contribution is 7.15. The number of nitrogens with two attached hydrogens (primary N) is 1. The zero-order chi connectivity index (χ0) is 12.5. The van der Waals surface area contributed by atoms with Crippen LogP contribution >= 0.6 is 22.9 Å². The Bertz CT molecular complexity index is 630. The van der Waals surface area contributed by atoms with Gasteiger partial charge < -0.3 is 5.73 Å². The van der Waals surface area contributed by atoms with Gasteiger partial charge in [0, 0.05) is 30.4 Å². The second-order valence-corrected chi connectivity index (χ2v) is 5.35. The van der Waals surface area contributed by atoms with Gasteiger partial charge in [-0.1, -0.05) is 11.6 Å². The highest BCUT2D eigenvalue weighted by Gasteiger charge is 2.11. The minimum atomic E-state index is -0.160. The van der Waals surface area contributed by atoms with E-state index in [0.29, 0.717) is 11.4 Å². The summed E-state index contributed by atoms with van der Waals surface area (Å²) in [7, 11) is 0. The summed E-state index contributed by atoms with van der Waals surface area (Å²) in [6, 6.07) is 3.49. The smallest absolute Gasteiger partial charge is 0.193 e. The molecule has 0 aliphatic carbocycles. The number of hydrogen-bond acceptors (Lipinski definition) is 4. The monoisotopic (exact) mass is 278 g/mol. The fraction of sp³-hybridized carbons (Fsp3) is 0.167. The van der Waals surface area contributed by atoms with Crippen LogP contribution in [0.5, 0.6) is 0 Å². The summed E-state index contributed by atoms with van der Waals surface area (Å²) in [4.78, 5) is 9.72. The van der Waals surface area contributed by atoms with Gasteiger partial charge in [0.15, 0.2) is 4.96 Å². The van der Waals surface area contributed by atoms with Crippen LogP contribution in [-0.2, 0) is 6.42 Å². The predicted molar refractivity (Wildman–Crippen MR) is 72.9 cm³/mol. The highest BCUT2D eigenvalue weighted by Crippen LogP contribution is 2.17. The molecule has 0 radical (unpaired) electrons. The van der Waals surface area contributed by atoms with Gasteiger partial charge in [-0.25, -0.2) is 4.98 Å². The number of imidazole rings is 1. The summed E-state index contributed by atoms with van der Waals surface area (Å²) in [5.41, 5.74) is 7.92. The average molecular weight is 279 g/mol. The minimum Gasteiger partial charge on any atom is -0.322 e. The molecule has 0 aliphatic rings. The number of fused-ring (bicyclic) bond motifs is 1. The molecular weight excluding hydrogens is 268 g/mol. The Morgan fingerprint density at radius 1 is 1.44 bits per heavy atom. The molecule has 0 aliphatic heterocycles. The molecule has 0 saturated heterocycles. The summed E-state index contributed by atoms with van der Waals surface area (Å²) < 4.78 is 2.00. The second kappa shape index (κ2) is 4.68. The third-order valence-electron chi connectivity index (χ3n) is 2.70. The molecular formula is C12H11ClN4S. The molecule has 1 unspecified atom stereocenters. The Morgan fingerprint density at radius 3 is 3.06 bits per heavy atom. The van der Waals surface area contributed by atoms with Crippen LogP contribution in [0.3, 0.4) is 0 Å². The van der Waals surface area contributed by atoms with Crippen molar-refractivity contribution in [3.05, 3.63) is 52.5 Å². The first-order chi connectivity index (χ1) is 8.72. The van der Waals surface area contributed by atoms with Gasteiger partial charge in [0.25, 0.3) is 0 Å². The molecule has 0 bridgehead atoms. The summed E-state index contributed by atoms with van der Waals surface area (Å²) in [6.07, 6.45) is 6.27. The van der Waals surface area contributed by atoms with E-state index >= 15 is 0 Å². The number of aromatic nitrogens is 3. The molecule has 3 aromatic heterocycles. The quantitative estimate of drug-likeness (QED) is 0.801. The first-order valence-electron chi connectivity index (χ1n) is 5.50. The summed E-state index contributed by atoms with van der Waals surface area (Å²) in [5, 5.41) is 2.63. The lowest BCUT2D eigenvalue weighted by atomic mass is 10.1. The first kappa shape index (κ1) is 11.6. The molecule has 18 heavy (non-hydrogen) atoms. The van der Waals surface area contributed by atoms with E-state index in [0.717, 1.165) is 16.3 Å². The van der Waals surface area contributed by atoms with Gasteiger partial charge in [-0.3, -0.25) is 9.38 Å². The molecule has 6 heteroatoms. The number of pyridine rings is 1. The number of nitrogens with zero attached hydrogens (tertiary/aromatic N) is 3. The Kier molecular flexibility index (Phi) is 3.03. The molecule has 0 saturated carbocycles. The molecule has 0 aromatic carbocycles. The first-order valence-corrected chi connectivity index (χ1v) is 6.76. The van der Waals surface area contributed by atoms with E-state index in [4.69, 9.17) is 17.3 Å². The maximum Gasteiger partial charge on any atom is 0.193 e. The molecule has 0 spiro atoms. The lowest BCUT2D eigenvalue weighted by molar-refractivity contribution is 0.686. The normalized spacial score (nSPS) is 13.0. The van der Waals surface area contributed by atoms with Gasteiger partial charge in [0.2, 0.25) is 0 Å². The molecule has 0 amide bonds. The molecule has 3 rings (SSSR count). The van der Waals surface area contributed by atoms with Crippen LogP contribution in [-0.4, -0.2) is 14.4 Å². The van der Waals surface area contributed by atoms with Crippen molar-refractivity contribution in [2.45, 2.75) is 12.5 Å². The van der Waals surface area contributed by atoms with Gasteiger partial charge in [0.05, 0.1) is 22.5 Å². The largest absolute Gasteiger partial charge is 0.322 e. The number of rotatable bonds is 3. The van der Waals surface area contributed by atoms with E-state index in [1.807, 2.05) is 28.2 Å². The predicted octanol–water partition coefficient (Wildman–Crippen LogP) is 2.69. The van der Waals surface area contributed by atoms with Crippen molar-refractivity contribution in [2.75, 3.05) is 0 Å². The van der Waals surface area contributed by atoms with Gasteiger partial charge in [-0.2, -0.15) is 0 Å². The Hall–Kier alpha value is -1.43. The summed E-state index contributed by atoms with van der Waals surface area (Å²) in [6.45, 7) is 0. The van der Waals surface area contributed by atoms with Crippen LogP contribution in [0.2, 0.25) is 5.02 Å². The molecule has 3 heterocycles. The summed E-state index contributed by atoms with van der Waals surface area (Å²) in [5.74, 6) is 0. The van der Waals surface area contributed by atoms with Crippen LogP contribution in [0, 0.1) is 0 Å². The zero-order valence-electron chi connectivity index (χ0n) is 9.45. The van der Waals surface area contributed by atoms with Crippen molar-refractivity contribution in [3.8, 4) is 0 Å². The van der Waals surface area contributed by atoms with Crippen LogP contribution in [0.15, 0.2) is 36.1 Å². The van der Waals surface area contributed by atoms with Crippen molar-refractivity contribution in [1.29, 1.82) is 0 Å². The standard InChI is InChI=1S/C12H11ClN4S/c13-8-1-2-11(15-6-8)10(14)5-9-7-17-3-4-18-12(17)16-9/h1-4,6-7,10H,5,14H2. The lowest BCUT2D eigenvalue weighted by Crippen LogP contribution is -2.14. The van der Waals surface area contributed by atoms with Crippen LogP contribution in [0.25, 0.3) is 4.96 Å². The van der Waals surface area contributed by atoms with Gasteiger partial charge in [0.1, 0.15) is 0 Å². The fourth-order valence-corrected chi connectivity index (χ4v) is 2.64. The van der Waals surface area contributed by atoms with Crippen LogP contribution in [0.1, 0.15) is 17.4 Å². The number of halogens is 1. The van der Waals surface area contributed by atoms with E-state index in [1.165, 1.54) is 0 Å². The van der Waals surface area contributed by atoms with E-state index in [2.05, 4.69) is 9.97 Å². The van der Waals surface area contributed by atoms with Crippen LogP contribution < -0.4 is 5.73 Å². The second-order valence-electron chi connectivity index (χ2n) is 4.04. The molecule has 1 atom stereocenters. The van der Waals surface area contributed by atoms with Crippen molar-refractivity contribution in [2.24, 2.45) is 5.73 Å². The summed E-state index contributed by atoms with van der Waals surface area (Å²) >= 11 is 7.41. The van der Waals surface area contributed by atoms with E-state index in [9.17, 15) is 0 Å². The van der Waals surface area contributed by atoms with Crippen molar-refractivity contribution in [3.63, 3.8) is 0 Å². The Balaban J connectivity index is 1.79. The van der Waals surface area contributed by atoms with E-state index in [-0.39, 0.29) is 6.04 Å². The topological polar surface area (TPSA) is 56.2 Å². The van der Waals surface area contributed by atoms with E-state index in [1.54, 1.807) is 23.6 Å². The molecule has 0 fully saturated rings. The SMILES string of the molecule is NC(Cc1cn2ccsc2n1)c1ccc(Cl)cn1. The maximum atomic E-state index is 6.12. The molecule has 92 valence electrons. The number of thiazole rings is 1. The third-order valence-corrected chi connectivity index (χ3v) is 3.70. The van der Waals surface area contributed by atoms with Gasteiger partial charge >= 0.3 is 0 Å². The number of hydrogen-bond donors (Lipinski definition) is 1. The van der Waals surface area contributed by atoms with Gasteiger partial charge in [-0.05, 0) is 12.1 Å². The third kappa shape index (κ3) is 2.25. The minimum absolute atomic E-state index is 0.160. The van der Waals surface area contributed by atoms with Gasteiger partial charge in [-0.15, -0.1) is 11.3 Å². The van der Waals surface area contributed by atoms with Crippen molar-refractivity contribution >= 4 is 27.9 Å². The zero-order valence-corrected chi connectivity index (χ0v) is 11.0. The lowest BCUT2D eigenvalue weighted by Gasteiger charge is -2.08. The van der Waals surface area contributed by atoms with Crippen LogP contribution in [0.4, 0.5) is 0 Å². The van der Waals surface area contributed by atoms with E-state index < -0.39 is 0 Å². The Morgan fingerprint density at radius 2 is 2.33 bits per heavy atom. The van der Waals surface area contributed by atoms with Crippen molar-refractivity contribution < 1.29 is 0 Å². The molecule has 2 N–H and O–H groups in total. The molecule has 3 aromatic rings. The molecule has 4 nitrogen and oxygen atoms in total. The maximum absolute atomic E-state index is 6.12. The van der Waals surface area contributed by atoms with Crippen molar-refractivity contribution in [1.82, 2.24) is 14.4 Å².